The molecule has 1 heterocycles. The molecular weight excluding hydrogens is 554 g/mol. The average molecular weight is 570 g/mol. The van der Waals surface area contributed by atoms with Crippen LogP contribution in [0, 0.1) is 13.8 Å². The number of nitrogens with one attached hydrogen (secondary N) is 1. The molecule has 2 aromatic carbocycles. The van der Waals surface area contributed by atoms with Gasteiger partial charge in [0.2, 0.25) is 0 Å². The Labute approximate surface area is 199 Å². The van der Waals surface area contributed by atoms with Crippen LogP contribution in [0.4, 0.5) is 0 Å². The fraction of sp³-hybridized carbons (Fsp3) is 0.0952. The van der Waals surface area contributed by atoms with Gasteiger partial charge in [-0.2, -0.15) is 5.10 Å². The summed E-state index contributed by atoms with van der Waals surface area (Å²) in [5.74, 6) is -1.87. The first-order chi connectivity index (χ1) is 14.6. The number of phenols is 1. The fourth-order valence-electron chi connectivity index (χ4n) is 3.09. The van der Waals surface area contributed by atoms with Gasteiger partial charge in [0.05, 0.1) is 26.8 Å². The van der Waals surface area contributed by atoms with Gasteiger partial charge in [-0.15, -0.1) is 0 Å². The molecular formula is C21H16Br2ClN3O4. The highest BCUT2D eigenvalue weighted by Crippen LogP contribution is 2.31. The van der Waals surface area contributed by atoms with Crippen LogP contribution in [0.25, 0.3) is 5.69 Å². The molecule has 31 heavy (non-hydrogen) atoms. The van der Waals surface area contributed by atoms with E-state index in [0.717, 1.165) is 17.0 Å². The lowest BCUT2D eigenvalue weighted by Gasteiger charge is -2.11. The first-order valence-corrected chi connectivity index (χ1v) is 10.8. The molecule has 0 aliphatic rings. The minimum absolute atomic E-state index is 0.00846. The number of carbonyl (C=O) groups excluding carboxylic acids is 1. The molecule has 0 spiro atoms. The Bertz CT molecular complexity index is 1240. The van der Waals surface area contributed by atoms with Crippen molar-refractivity contribution in [1.29, 1.82) is 0 Å². The number of halogens is 3. The molecule has 0 atom stereocenters. The zero-order valence-corrected chi connectivity index (χ0v) is 20.2. The Morgan fingerprint density at radius 2 is 1.84 bits per heavy atom. The van der Waals surface area contributed by atoms with Gasteiger partial charge in [-0.3, -0.25) is 4.79 Å². The molecule has 160 valence electrons. The van der Waals surface area contributed by atoms with E-state index in [9.17, 15) is 19.8 Å². The molecule has 1 amide bonds. The number of hydrogen-bond donors (Lipinski definition) is 3. The summed E-state index contributed by atoms with van der Waals surface area (Å²) in [7, 11) is 0. The van der Waals surface area contributed by atoms with Crippen molar-refractivity contribution in [3.63, 3.8) is 0 Å². The second-order valence-electron chi connectivity index (χ2n) is 6.61. The molecule has 0 saturated carbocycles. The van der Waals surface area contributed by atoms with Crippen LogP contribution < -0.4 is 5.43 Å². The van der Waals surface area contributed by atoms with E-state index in [2.05, 4.69) is 42.4 Å². The van der Waals surface area contributed by atoms with Gasteiger partial charge in [0.1, 0.15) is 5.75 Å². The second kappa shape index (κ2) is 9.25. The van der Waals surface area contributed by atoms with E-state index in [4.69, 9.17) is 11.6 Å². The van der Waals surface area contributed by atoms with Crippen LogP contribution in [-0.4, -0.2) is 32.9 Å². The van der Waals surface area contributed by atoms with Gasteiger partial charge in [-0.05, 0) is 66.2 Å². The molecule has 0 fully saturated rings. The van der Waals surface area contributed by atoms with Crippen molar-refractivity contribution in [2.75, 3.05) is 0 Å². The van der Waals surface area contributed by atoms with Crippen molar-refractivity contribution in [2.24, 2.45) is 5.10 Å². The van der Waals surface area contributed by atoms with Crippen LogP contribution in [0.2, 0.25) is 5.02 Å². The zero-order chi connectivity index (χ0) is 22.9. The summed E-state index contributed by atoms with van der Waals surface area (Å²) >= 11 is 12.4. The van der Waals surface area contributed by atoms with Crippen molar-refractivity contribution in [3.8, 4) is 11.4 Å². The van der Waals surface area contributed by atoms with Crippen molar-refractivity contribution in [2.45, 2.75) is 13.8 Å². The number of carboxylic acid groups (broad SMARTS) is 1. The number of carbonyl (C=O) groups is 2. The van der Waals surface area contributed by atoms with Gasteiger partial charge in [0.25, 0.3) is 5.91 Å². The van der Waals surface area contributed by atoms with Crippen LogP contribution in [0.15, 0.2) is 50.4 Å². The maximum Gasteiger partial charge on any atom is 0.337 e. The van der Waals surface area contributed by atoms with Crippen molar-refractivity contribution >= 4 is 61.6 Å². The number of nitrogens with zero attached hydrogens (tertiary/aromatic N) is 2. The number of rotatable bonds is 5. The summed E-state index contributed by atoms with van der Waals surface area (Å²) < 4.78 is 2.87. The number of aromatic nitrogens is 1. The van der Waals surface area contributed by atoms with Crippen LogP contribution in [0.3, 0.4) is 0 Å². The topological polar surface area (TPSA) is 104 Å². The van der Waals surface area contributed by atoms with Crippen LogP contribution in [0.5, 0.6) is 5.75 Å². The van der Waals surface area contributed by atoms with Crippen LogP contribution in [-0.2, 0) is 0 Å². The van der Waals surface area contributed by atoms with E-state index in [0.29, 0.717) is 14.6 Å². The Morgan fingerprint density at radius 1 is 1.13 bits per heavy atom. The number of amides is 1. The van der Waals surface area contributed by atoms with Crippen LogP contribution >= 0.6 is 43.5 Å². The molecule has 3 rings (SSSR count). The minimum Gasteiger partial charge on any atom is -0.506 e. The predicted molar refractivity (Wildman–Crippen MR) is 126 cm³/mol. The van der Waals surface area contributed by atoms with Gasteiger partial charge < -0.3 is 14.8 Å². The number of hydrazone groups is 1. The number of aryl methyl sites for hydroxylation is 1. The third kappa shape index (κ3) is 4.84. The molecule has 0 bridgehead atoms. The van der Waals surface area contributed by atoms with Gasteiger partial charge in [0.15, 0.2) is 0 Å². The Morgan fingerprint density at radius 3 is 2.52 bits per heavy atom. The zero-order valence-electron chi connectivity index (χ0n) is 16.3. The number of hydrogen-bond acceptors (Lipinski definition) is 4. The number of carboxylic acids is 1. The summed E-state index contributed by atoms with van der Waals surface area (Å²) in [6, 6.07) is 9.73. The fourth-order valence-corrected chi connectivity index (χ4v) is 4.52. The SMILES string of the molecule is Cc1cc(/C=N\NC(=O)c2cc(Br)cc(Br)c2O)c(C)n1-c1ccc(Cl)c(C(=O)O)c1. The molecule has 10 heteroatoms. The molecule has 3 aromatic rings. The average Bonchev–Trinajstić information content (AvgIpc) is 2.98. The Kier molecular flexibility index (Phi) is 6.88. The maximum absolute atomic E-state index is 12.4. The highest BCUT2D eigenvalue weighted by atomic mass is 79.9. The van der Waals surface area contributed by atoms with Crippen molar-refractivity contribution in [1.82, 2.24) is 9.99 Å². The summed E-state index contributed by atoms with van der Waals surface area (Å²) in [4.78, 5) is 23.8. The Hall–Kier alpha value is -2.62. The molecule has 0 saturated heterocycles. The predicted octanol–water partition coefficient (Wildman–Crippen LogP) is 5.44. The largest absolute Gasteiger partial charge is 0.506 e. The van der Waals surface area contributed by atoms with Crippen molar-refractivity contribution < 1.29 is 19.8 Å². The van der Waals surface area contributed by atoms with E-state index >= 15 is 0 Å². The lowest BCUT2D eigenvalue weighted by atomic mass is 10.2. The van der Waals surface area contributed by atoms with Gasteiger partial charge in [-0.25, -0.2) is 10.2 Å². The smallest absolute Gasteiger partial charge is 0.337 e. The van der Waals surface area contributed by atoms with Gasteiger partial charge in [-0.1, -0.05) is 27.5 Å². The normalized spacial score (nSPS) is 11.1. The first-order valence-electron chi connectivity index (χ1n) is 8.83. The van der Waals surface area contributed by atoms with E-state index < -0.39 is 11.9 Å². The number of aromatic hydroxyl groups is 1. The summed E-state index contributed by atoms with van der Waals surface area (Å²) in [5.41, 5.74) is 5.47. The minimum atomic E-state index is -1.11. The summed E-state index contributed by atoms with van der Waals surface area (Å²) in [5, 5.41) is 23.5. The van der Waals surface area contributed by atoms with E-state index in [1.165, 1.54) is 24.4 Å². The lowest BCUT2D eigenvalue weighted by molar-refractivity contribution is 0.0696. The molecule has 7 nitrogen and oxygen atoms in total. The number of benzene rings is 2. The summed E-state index contributed by atoms with van der Waals surface area (Å²) in [6.45, 7) is 3.72. The third-order valence-corrected chi connectivity index (χ3v) is 5.94. The van der Waals surface area contributed by atoms with Crippen LogP contribution in [0.1, 0.15) is 37.7 Å². The van der Waals surface area contributed by atoms with E-state index in [1.807, 2.05) is 24.5 Å². The van der Waals surface area contributed by atoms with E-state index in [1.54, 1.807) is 12.1 Å². The monoisotopic (exact) mass is 567 g/mol. The second-order valence-corrected chi connectivity index (χ2v) is 8.79. The molecule has 0 aliphatic carbocycles. The lowest BCUT2D eigenvalue weighted by Crippen LogP contribution is -2.18. The Balaban J connectivity index is 1.86. The first kappa shape index (κ1) is 23.1. The molecule has 0 unspecified atom stereocenters. The third-order valence-electron chi connectivity index (χ3n) is 4.55. The summed E-state index contributed by atoms with van der Waals surface area (Å²) in [6.07, 6.45) is 1.48. The quantitative estimate of drug-likeness (QED) is 0.281. The molecule has 0 aliphatic heterocycles. The highest BCUT2D eigenvalue weighted by molar-refractivity contribution is 9.11. The molecule has 3 N–H and O–H groups in total. The highest BCUT2D eigenvalue weighted by Gasteiger charge is 2.16. The van der Waals surface area contributed by atoms with Gasteiger partial charge >= 0.3 is 5.97 Å². The van der Waals surface area contributed by atoms with E-state index in [-0.39, 0.29) is 21.9 Å². The molecule has 0 radical (unpaired) electrons. The molecule has 1 aromatic heterocycles. The van der Waals surface area contributed by atoms with Crippen molar-refractivity contribution in [3.05, 3.63) is 78.4 Å². The van der Waals surface area contributed by atoms with Gasteiger partial charge in [0, 0.05) is 27.1 Å². The maximum atomic E-state index is 12.4. The number of aromatic carboxylic acids is 1. The number of phenolic OH excluding ortho intramolecular Hbond substituents is 1. The standard InChI is InChI=1S/C21H16Br2ClN3O4/c1-10-5-12(9-25-26-20(29)16-6-13(22)7-17(23)19(16)28)11(2)27(10)14-3-4-18(24)15(8-14)21(30)31/h3-9,28H,1-2H3,(H,26,29)(H,30,31)/b25-9-.